The Morgan fingerprint density at radius 3 is 2.38 bits per heavy atom. The zero-order chi connectivity index (χ0) is 19.1. The second kappa shape index (κ2) is 9.05. The first-order chi connectivity index (χ1) is 12.4. The van der Waals surface area contributed by atoms with E-state index in [9.17, 15) is 14.0 Å². The van der Waals surface area contributed by atoms with Gasteiger partial charge in [0.25, 0.3) is 11.8 Å². The highest BCUT2D eigenvalue weighted by molar-refractivity contribution is 7.80. The molecule has 0 bridgehead atoms. The van der Waals surface area contributed by atoms with Crippen molar-refractivity contribution in [3.8, 4) is 0 Å². The number of hydrogen-bond acceptors (Lipinski definition) is 3. The van der Waals surface area contributed by atoms with E-state index in [1.807, 2.05) is 13.8 Å². The van der Waals surface area contributed by atoms with Gasteiger partial charge in [-0.1, -0.05) is 19.1 Å². The minimum absolute atomic E-state index is 0.0423. The Morgan fingerprint density at radius 1 is 1.08 bits per heavy atom. The molecule has 0 spiro atoms. The molecular weight excluding hydrogens is 353 g/mol. The van der Waals surface area contributed by atoms with Crippen molar-refractivity contribution >= 4 is 34.8 Å². The highest BCUT2D eigenvalue weighted by Gasteiger charge is 2.14. The van der Waals surface area contributed by atoms with Crippen LogP contribution in [0.3, 0.4) is 0 Å². The highest BCUT2D eigenvalue weighted by atomic mass is 32.1. The molecule has 2 aromatic carbocycles. The van der Waals surface area contributed by atoms with Gasteiger partial charge in [0.05, 0.1) is 11.3 Å². The van der Waals surface area contributed by atoms with Crippen LogP contribution in [0.15, 0.2) is 48.5 Å². The lowest BCUT2D eigenvalue weighted by atomic mass is 10.1. The van der Waals surface area contributed by atoms with E-state index < -0.39 is 11.7 Å². The number of halogens is 1. The molecule has 0 radical (unpaired) electrons. The van der Waals surface area contributed by atoms with E-state index in [-0.39, 0.29) is 22.6 Å². The van der Waals surface area contributed by atoms with Crippen molar-refractivity contribution in [3.63, 3.8) is 0 Å². The number of para-hydroxylation sites is 1. The fourth-order valence-corrected chi connectivity index (χ4v) is 2.33. The Bertz CT molecular complexity index is 809. The molecule has 0 aromatic heterocycles. The number of nitrogens with one attached hydrogen (secondary N) is 3. The number of rotatable bonds is 5. The molecule has 1 atom stereocenters. The van der Waals surface area contributed by atoms with Crippen LogP contribution in [0.5, 0.6) is 0 Å². The van der Waals surface area contributed by atoms with Crippen molar-refractivity contribution in [2.24, 2.45) is 0 Å². The summed E-state index contributed by atoms with van der Waals surface area (Å²) in [5.74, 6) is -1.12. The van der Waals surface area contributed by atoms with Gasteiger partial charge < -0.3 is 10.6 Å². The number of benzene rings is 2. The number of anilines is 1. The third-order valence-corrected chi connectivity index (χ3v) is 3.95. The molecule has 0 aliphatic heterocycles. The Morgan fingerprint density at radius 2 is 1.73 bits per heavy atom. The number of carbonyl (C=O) groups excluding carboxylic acids is 2. The summed E-state index contributed by atoms with van der Waals surface area (Å²) in [4.78, 5) is 24.5. The summed E-state index contributed by atoms with van der Waals surface area (Å²) in [5, 5.41) is 8.30. The maximum atomic E-state index is 12.9. The molecular formula is C19H20FN3O2S. The van der Waals surface area contributed by atoms with E-state index in [0.717, 1.165) is 6.42 Å². The molecule has 0 fully saturated rings. The topological polar surface area (TPSA) is 70.2 Å². The second-order valence-electron chi connectivity index (χ2n) is 5.74. The van der Waals surface area contributed by atoms with E-state index in [2.05, 4.69) is 16.0 Å². The van der Waals surface area contributed by atoms with Crippen LogP contribution < -0.4 is 16.0 Å². The molecule has 1 unspecified atom stereocenters. The third-order valence-electron chi connectivity index (χ3n) is 3.74. The molecule has 0 aliphatic rings. The number of amides is 2. The predicted octanol–water partition coefficient (Wildman–Crippen LogP) is 3.48. The first-order valence-corrected chi connectivity index (χ1v) is 8.59. The summed E-state index contributed by atoms with van der Waals surface area (Å²) >= 11 is 5.15. The van der Waals surface area contributed by atoms with E-state index in [1.54, 1.807) is 24.3 Å². The normalized spacial score (nSPS) is 11.3. The minimum Gasteiger partial charge on any atom is -0.350 e. The van der Waals surface area contributed by atoms with Gasteiger partial charge in [0.2, 0.25) is 0 Å². The fourth-order valence-electron chi connectivity index (χ4n) is 2.12. The third kappa shape index (κ3) is 5.35. The second-order valence-corrected chi connectivity index (χ2v) is 6.15. The molecule has 0 saturated heterocycles. The standard InChI is InChI=1S/C19H20FN3O2S/c1-3-12(2)21-18(25)15-6-4-5-7-16(15)22-19(26)23-17(24)13-8-10-14(20)11-9-13/h4-12H,3H2,1-2H3,(H,21,25)(H2,22,23,24,26). The van der Waals surface area contributed by atoms with Gasteiger partial charge in [-0.2, -0.15) is 0 Å². The lowest BCUT2D eigenvalue weighted by Gasteiger charge is -2.15. The van der Waals surface area contributed by atoms with Crippen molar-refractivity contribution in [1.82, 2.24) is 10.6 Å². The van der Waals surface area contributed by atoms with Gasteiger partial charge in [-0.05, 0) is 62.0 Å². The molecule has 7 heteroatoms. The van der Waals surface area contributed by atoms with Gasteiger partial charge in [0.15, 0.2) is 5.11 Å². The quantitative estimate of drug-likeness (QED) is 0.702. The van der Waals surface area contributed by atoms with Gasteiger partial charge in [0.1, 0.15) is 5.82 Å². The number of thiocarbonyl (C=S) groups is 1. The number of hydrogen-bond donors (Lipinski definition) is 3. The van der Waals surface area contributed by atoms with E-state index in [0.29, 0.717) is 11.3 Å². The molecule has 0 heterocycles. The van der Waals surface area contributed by atoms with Crippen molar-refractivity contribution < 1.29 is 14.0 Å². The summed E-state index contributed by atoms with van der Waals surface area (Å²) in [6.45, 7) is 3.90. The Kier molecular flexibility index (Phi) is 6.80. The average Bonchev–Trinajstić information content (AvgIpc) is 2.62. The lowest BCUT2D eigenvalue weighted by molar-refractivity contribution is 0.0938. The maximum absolute atomic E-state index is 12.9. The predicted molar refractivity (Wildman–Crippen MR) is 104 cm³/mol. The lowest BCUT2D eigenvalue weighted by Crippen LogP contribution is -2.36. The maximum Gasteiger partial charge on any atom is 0.257 e. The van der Waals surface area contributed by atoms with Crippen molar-refractivity contribution in [2.45, 2.75) is 26.3 Å². The summed E-state index contributed by atoms with van der Waals surface area (Å²) in [7, 11) is 0. The van der Waals surface area contributed by atoms with Crippen LogP contribution in [-0.2, 0) is 0 Å². The summed E-state index contributed by atoms with van der Waals surface area (Å²) in [6.07, 6.45) is 0.813. The Balaban J connectivity index is 2.06. The van der Waals surface area contributed by atoms with Gasteiger partial charge >= 0.3 is 0 Å². The highest BCUT2D eigenvalue weighted by Crippen LogP contribution is 2.15. The molecule has 2 aromatic rings. The van der Waals surface area contributed by atoms with Crippen LogP contribution in [0, 0.1) is 5.82 Å². The average molecular weight is 373 g/mol. The molecule has 5 nitrogen and oxygen atoms in total. The molecule has 3 N–H and O–H groups in total. The van der Waals surface area contributed by atoms with Crippen LogP contribution in [-0.4, -0.2) is 23.0 Å². The first-order valence-electron chi connectivity index (χ1n) is 8.18. The monoisotopic (exact) mass is 373 g/mol. The number of carbonyl (C=O) groups is 2. The molecule has 0 saturated carbocycles. The SMILES string of the molecule is CCC(C)NC(=O)c1ccccc1NC(=S)NC(=O)c1ccc(F)cc1. The van der Waals surface area contributed by atoms with Gasteiger partial charge in [0, 0.05) is 11.6 Å². The zero-order valence-corrected chi connectivity index (χ0v) is 15.3. The van der Waals surface area contributed by atoms with Gasteiger partial charge in [-0.3, -0.25) is 14.9 Å². The Labute approximate surface area is 157 Å². The van der Waals surface area contributed by atoms with Crippen molar-refractivity contribution in [1.29, 1.82) is 0 Å². The molecule has 2 amide bonds. The first kappa shape index (κ1) is 19.5. The van der Waals surface area contributed by atoms with Crippen LogP contribution in [0.2, 0.25) is 0 Å². The largest absolute Gasteiger partial charge is 0.350 e. The smallest absolute Gasteiger partial charge is 0.257 e. The molecule has 136 valence electrons. The van der Waals surface area contributed by atoms with Crippen LogP contribution in [0.1, 0.15) is 41.0 Å². The van der Waals surface area contributed by atoms with Crippen LogP contribution >= 0.6 is 12.2 Å². The van der Waals surface area contributed by atoms with E-state index >= 15 is 0 Å². The summed E-state index contributed by atoms with van der Waals surface area (Å²) in [5.41, 5.74) is 1.18. The Hall–Kier alpha value is -2.80. The molecule has 0 aliphatic carbocycles. The molecule has 2 rings (SSSR count). The zero-order valence-electron chi connectivity index (χ0n) is 14.5. The van der Waals surface area contributed by atoms with E-state index in [1.165, 1.54) is 24.3 Å². The van der Waals surface area contributed by atoms with Crippen LogP contribution in [0.25, 0.3) is 0 Å². The van der Waals surface area contributed by atoms with Crippen molar-refractivity contribution in [3.05, 3.63) is 65.5 Å². The summed E-state index contributed by atoms with van der Waals surface area (Å²) < 4.78 is 12.9. The van der Waals surface area contributed by atoms with E-state index in [4.69, 9.17) is 12.2 Å². The molecule has 26 heavy (non-hydrogen) atoms. The van der Waals surface area contributed by atoms with Crippen LogP contribution in [0.4, 0.5) is 10.1 Å². The van der Waals surface area contributed by atoms with Gasteiger partial charge in [-0.15, -0.1) is 0 Å². The summed E-state index contributed by atoms with van der Waals surface area (Å²) in [6, 6.07) is 12.0. The van der Waals surface area contributed by atoms with Crippen molar-refractivity contribution in [2.75, 3.05) is 5.32 Å². The van der Waals surface area contributed by atoms with Gasteiger partial charge in [-0.25, -0.2) is 4.39 Å². The minimum atomic E-state index is -0.468. The fraction of sp³-hybridized carbons (Fsp3) is 0.211.